The van der Waals surface area contributed by atoms with Crippen molar-refractivity contribution in [3.8, 4) is 0 Å². The molecule has 0 aromatic heterocycles. The summed E-state index contributed by atoms with van der Waals surface area (Å²) in [6.45, 7) is 2.76. The fraction of sp³-hybridized carbons (Fsp3) is 0.526. The highest BCUT2D eigenvalue weighted by Crippen LogP contribution is 2.39. The molecule has 1 aromatic carbocycles. The van der Waals surface area contributed by atoms with Crippen LogP contribution in [0.25, 0.3) is 0 Å². The van der Waals surface area contributed by atoms with Crippen LogP contribution in [0.3, 0.4) is 0 Å². The highest BCUT2D eigenvalue weighted by molar-refractivity contribution is 7.90. The number of hydrogen-bond donors (Lipinski definition) is 0. The van der Waals surface area contributed by atoms with Crippen molar-refractivity contribution in [2.24, 2.45) is 5.92 Å². The van der Waals surface area contributed by atoms with Crippen molar-refractivity contribution >= 4 is 27.8 Å². The molecular formula is C19H22N2O6S. The minimum Gasteiger partial charge on any atom is -0.466 e. The Balaban J connectivity index is 1.58. The first-order valence-electron chi connectivity index (χ1n) is 9.53. The molecule has 9 heteroatoms. The number of carbonyl (C=O) groups is 3. The van der Waals surface area contributed by atoms with Crippen molar-refractivity contribution in [1.29, 1.82) is 0 Å². The molecule has 2 heterocycles. The minimum atomic E-state index is -3.91. The van der Waals surface area contributed by atoms with Gasteiger partial charge in [0.25, 0.3) is 21.8 Å². The average molecular weight is 406 g/mol. The van der Waals surface area contributed by atoms with Crippen molar-refractivity contribution in [2.45, 2.75) is 43.5 Å². The van der Waals surface area contributed by atoms with E-state index < -0.39 is 15.9 Å². The van der Waals surface area contributed by atoms with Crippen LogP contribution in [0, 0.1) is 5.92 Å². The van der Waals surface area contributed by atoms with Gasteiger partial charge in [0.2, 0.25) is 0 Å². The Morgan fingerprint density at radius 3 is 2.64 bits per heavy atom. The maximum absolute atomic E-state index is 12.9. The van der Waals surface area contributed by atoms with Gasteiger partial charge >= 0.3 is 5.97 Å². The summed E-state index contributed by atoms with van der Waals surface area (Å²) in [6.07, 6.45) is 2.68. The van der Waals surface area contributed by atoms with Gasteiger partial charge in [-0.1, -0.05) is 0 Å². The summed E-state index contributed by atoms with van der Waals surface area (Å²) >= 11 is 0. The normalized spacial score (nSPS) is 23.5. The van der Waals surface area contributed by atoms with Gasteiger partial charge in [-0.25, -0.2) is 12.7 Å². The lowest BCUT2D eigenvalue weighted by Gasteiger charge is -2.31. The number of rotatable bonds is 4. The molecular weight excluding hydrogens is 384 g/mol. The summed E-state index contributed by atoms with van der Waals surface area (Å²) in [4.78, 5) is 38.8. The van der Waals surface area contributed by atoms with Gasteiger partial charge in [-0.15, -0.1) is 0 Å². The Hall–Kier alpha value is -2.42. The Kier molecular flexibility index (Phi) is 4.65. The van der Waals surface area contributed by atoms with E-state index in [1.54, 1.807) is 11.8 Å². The number of amides is 2. The number of fused-ring (bicyclic) bond motifs is 1. The molecule has 4 rings (SSSR count). The SMILES string of the molecule is CCOC(=O)C1CCCN(C(=O)c2ccc3c(c2)S(=O)(=O)N(C2CC2)C3=O)C1. The molecule has 1 unspecified atom stereocenters. The molecule has 0 spiro atoms. The molecule has 0 radical (unpaired) electrons. The zero-order chi connectivity index (χ0) is 20.1. The summed E-state index contributed by atoms with van der Waals surface area (Å²) < 4.78 is 31.5. The van der Waals surface area contributed by atoms with Gasteiger partial charge in [-0.2, -0.15) is 0 Å². The standard InChI is InChI=1S/C19H22N2O6S/c1-2-27-19(24)13-4-3-9-20(11-13)17(22)12-5-8-15-16(10-12)28(25,26)21(18(15)23)14-6-7-14/h5,8,10,13-14H,2-4,6-7,9,11H2,1H3. The monoisotopic (exact) mass is 406 g/mol. The van der Waals surface area contributed by atoms with E-state index in [0.717, 1.165) is 4.31 Å². The number of ether oxygens (including phenoxy) is 1. The van der Waals surface area contributed by atoms with E-state index in [1.807, 2.05) is 0 Å². The van der Waals surface area contributed by atoms with Crippen LogP contribution in [-0.4, -0.2) is 61.1 Å². The average Bonchev–Trinajstić information content (AvgIpc) is 3.49. The highest BCUT2D eigenvalue weighted by atomic mass is 32.2. The molecule has 2 fully saturated rings. The maximum Gasteiger partial charge on any atom is 0.310 e. The summed E-state index contributed by atoms with van der Waals surface area (Å²) in [5.74, 6) is -1.55. The van der Waals surface area contributed by atoms with Crippen LogP contribution < -0.4 is 0 Å². The number of esters is 1. The first-order valence-corrected chi connectivity index (χ1v) is 11.0. The Morgan fingerprint density at radius 2 is 1.96 bits per heavy atom. The van der Waals surface area contributed by atoms with Crippen LogP contribution in [0.5, 0.6) is 0 Å². The fourth-order valence-corrected chi connectivity index (χ4v) is 5.69. The van der Waals surface area contributed by atoms with E-state index >= 15 is 0 Å². The Morgan fingerprint density at radius 1 is 1.21 bits per heavy atom. The second kappa shape index (κ2) is 6.88. The second-order valence-electron chi connectivity index (χ2n) is 7.39. The zero-order valence-corrected chi connectivity index (χ0v) is 16.4. The van der Waals surface area contributed by atoms with Crippen molar-refractivity contribution in [3.63, 3.8) is 0 Å². The van der Waals surface area contributed by atoms with Gasteiger partial charge in [0.15, 0.2) is 0 Å². The van der Waals surface area contributed by atoms with Crippen LogP contribution in [0.15, 0.2) is 23.1 Å². The van der Waals surface area contributed by atoms with Gasteiger partial charge in [-0.3, -0.25) is 14.4 Å². The van der Waals surface area contributed by atoms with Gasteiger partial charge in [0.05, 0.1) is 18.1 Å². The van der Waals surface area contributed by atoms with Crippen LogP contribution in [0.1, 0.15) is 53.3 Å². The zero-order valence-electron chi connectivity index (χ0n) is 15.6. The van der Waals surface area contributed by atoms with Crippen molar-refractivity contribution < 1.29 is 27.5 Å². The molecule has 150 valence electrons. The highest BCUT2D eigenvalue weighted by Gasteiger charge is 2.49. The third-order valence-electron chi connectivity index (χ3n) is 5.40. The van der Waals surface area contributed by atoms with E-state index in [4.69, 9.17) is 4.74 Å². The third-order valence-corrected chi connectivity index (χ3v) is 7.28. The molecule has 0 N–H and O–H groups in total. The first-order chi connectivity index (χ1) is 13.3. The quantitative estimate of drug-likeness (QED) is 0.701. The molecule has 1 aromatic rings. The maximum atomic E-state index is 12.9. The van der Waals surface area contributed by atoms with Gasteiger partial charge in [-0.05, 0) is 50.8 Å². The number of carbonyl (C=O) groups excluding carboxylic acids is 3. The predicted octanol–water partition coefficient (Wildman–Crippen LogP) is 1.41. The molecule has 0 bridgehead atoms. The van der Waals surface area contributed by atoms with Crippen LogP contribution in [-0.2, 0) is 19.6 Å². The molecule has 8 nitrogen and oxygen atoms in total. The molecule has 1 aliphatic carbocycles. The van der Waals surface area contributed by atoms with Crippen LogP contribution in [0.2, 0.25) is 0 Å². The van der Waals surface area contributed by atoms with Crippen molar-refractivity contribution in [3.05, 3.63) is 29.3 Å². The largest absolute Gasteiger partial charge is 0.466 e. The number of sulfonamides is 1. The third kappa shape index (κ3) is 3.07. The number of piperidine rings is 1. The topological polar surface area (TPSA) is 101 Å². The van der Waals surface area contributed by atoms with E-state index in [1.165, 1.54) is 18.2 Å². The fourth-order valence-electron chi connectivity index (χ4n) is 3.85. The minimum absolute atomic E-state index is 0.103. The molecule has 2 aliphatic heterocycles. The molecule has 2 amide bonds. The van der Waals surface area contributed by atoms with E-state index in [9.17, 15) is 22.8 Å². The van der Waals surface area contributed by atoms with E-state index in [2.05, 4.69) is 0 Å². The number of likely N-dealkylation sites (tertiary alicyclic amines) is 1. The molecule has 1 saturated heterocycles. The summed E-state index contributed by atoms with van der Waals surface area (Å²) in [7, 11) is -3.91. The summed E-state index contributed by atoms with van der Waals surface area (Å²) in [5.41, 5.74) is 0.323. The van der Waals surface area contributed by atoms with Gasteiger partial charge < -0.3 is 9.64 Å². The lowest BCUT2D eigenvalue weighted by atomic mass is 9.97. The van der Waals surface area contributed by atoms with Crippen molar-refractivity contribution in [2.75, 3.05) is 19.7 Å². The van der Waals surface area contributed by atoms with E-state index in [0.29, 0.717) is 32.2 Å². The predicted molar refractivity (Wildman–Crippen MR) is 98.1 cm³/mol. The van der Waals surface area contributed by atoms with Crippen LogP contribution in [0.4, 0.5) is 0 Å². The van der Waals surface area contributed by atoms with E-state index in [-0.39, 0.29) is 53.0 Å². The summed E-state index contributed by atoms with van der Waals surface area (Å²) in [6, 6.07) is 3.93. The first kappa shape index (κ1) is 18.9. The molecule has 1 saturated carbocycles. The number of hydrogen-bond acceptors (Lipinski definition) is 6. The molecule has 1 atom stereocenters. The van der Waals surface area contributed by atoms with Crippen LogP contribution >= 0.6 is 0 Å². The smallest absolute Gasteiger partial charge is 0.310 e. The second-order valence-corrected chi connectivity index (χ2v) is 9.17. The van der Waals surface area contributed by atoms with Gasteiger partial charge in [0.1, 0.15) is 4.90 Å². The Bertz CT molecular complexity index is 953. The van der Waals surface area contributed by atoms with Gasteiger partial charge in [0, 0.05) is 24.7 Å². The molecule has 3 aliphatic rings. The summed E-state index contributed by atoms with van der Waals surface area (Å²) in [5, 5.41) is 0. The lowest BCUT2D eigenvalue weighted by molar-refractivity contribution is -0.149. The molecule has 28 heavy (non-hydrogen) atoms. The Labute approximate surface area is 163 Å². The number of benzene rings is 1. The number of nitrogens with zero attached hydrogens (tertiary/aromatic N) is 2. The van der Waals surface area contributed by atoms with Crippen molar-refractivity contribution in [1.82, 2.24) is 9.21 Å². The lowest BCUT2D eigenvalue weighted by Crippen LogP contribution is -2.42.